The van der Waals surface area contributed by atoms with Gasteiger partial charge in [-0.15, -0.1) is 0 Å². The topological polar surface area (TPSA) is 3.24 Å². The van der Waals surface area contributed by atoms with Gasteiger partial charge in [-0.25, -0.2) is 0 Å². The first-order valence-electron chi connectivity index (χ1n) is 2.62. The molecule has 0 aromatic carbocycles. The summed E-state index contributed by atoms with van der Waals surface area (Å²) in [5, 5.41) is 0. The standard InChI is InChI=1S/C5H12N.Li/c1-5(2)6(3)4;/h1-4H3;. The molecule has 0 bridgehead atoms. The van der Waals surface area contributed by atoms with Crippen LogP contribution in [-0.2, 0) is 0 Å². The number of rotatable bonds is 1. The Hall–Kier alpha value is 0.557. The Morgan fingerprint density at radius 2 is 1.43 bits per heavy atom. The molecule has 0 aliphatic rings. The maximum atomic E-state index is 2.19. The van der Waals surface area contributed by atoms with Gasteiger partial charge in [0.05, 0.1) is 0 Å². The van der Waals surface area contributed by atoms with Gasteiger partial charge in [0.15, 0.2) is 0 Å². The Kier molecular flexibility index (Phi) is 2.39. The fraction of sp³-hybridized carbons (Fsp3) is 1.00. The molecule has 0 rings (SSSR count). The Labute approximate surface area is 55.3 Å². The van der Waals surface area contributed by atoms with Crippen LogP contribution < -0.4 is 0 Å². The Morgan fingerprint density at radius 3 is 1.43 bits per heavy atom. The average molecular weight is 93.1 g/mol. The molecule has 0 aliphatic carbocycles. The molecule has 0 aliphatic heterocycles. The molecule has 2 heteroatoms. The molecule has 38 valence electrons. The first-order chi connectivity index (χ1) is 2.94. The SMILES string of the molecule is [Li][C](C)(C)N(C)C. The second-order valence-electron chi connectivity index (χ2n) is 3.07. The van der Waals surface area contributed by atoms with Crippen LogP contribution in [0.1, 0.15) is 13.8 Å². The van der Waals surface area contributed by atoms with Crippen molar-refractivity contribution in [3.63, 3.8) is 0 Å². The van der Waals surface area contributed by atoms with Gasteiger partial charge in [0.25, 0.3) is 0 Å². The van der Waals surface area contributed by atoms with E-state index in [-0.39, 0.29) is 0 Å². The number of hydrogen-bond acceptors (Lipinski definition) is 1. The molecule has 0 N–H and O–H groups in total. The van der Waals surface area contributed by atoms with Crippen molar-refractivity contribution in [1.82, 2.24) is 4.90 Å². The molecule has 0 fully saturated rings. The van der Waals surface area contributed by atoms with Gasteiger partial charge >= 0.3 is 54.8 Å². The van der Waals surface area contributed by atoms with Crippen molar-refractivity contribution in [3.8, 4) is 0 Å². The minimum absolute atomic E-state index is 0.333. The summed E-state index contributed by atoms with van der Waals surface area (Å²) in [5.74, 6) is 0. The summed E-state index contributed by atoms with van der Waals surface area (Å²) >= 11 is 2.19. The van der Waals surface area contributed by atoms with E-state index in [2.05, 4.69) is 50.6 Å². The monoisotopic (exact) mass is 93.1 g/mol. The fourth-order valence-electron chi connectivity index (χ4n) is 0. The van der Waals surface area contributed by atoms with Crippen LogP contribution >= 0.6 is 0 Å². The zero-order valence-corrected chi connectivity index (χ0v) is 5.95. The third-order valence-electron chi connectivity index (χ3n) is 1.34. The predicted octanol–water partition coefficient (Wildman–Crippen LogP) is 0.453. The summed E-state index contributed by atoms with van der Waals surface area (Å²) in [6, 6.07) is 0. The molecule has 0 aromatic rings. The van der Waals surface area contributed by atoms with Gasteiger partial charge in [-0.3, -0.25) is 0 Å². The third-order valence-corrected chi connectivity index (χ3v) is 1.34. The van der Waals surface area contributed by atoms with Crippen molar-refractivity contribution < 1.29 is 0 Å². The zero-order chi connectivity index (χ0) is 6.08. The normalized spacial score (nSPS) is 13.0. The molecule has 0 amide bonds. The van der Waals surface area contributed by atoms with Gasteiger partial charge in [0.1, 0.15) is 0 Å². The van der Waals surface area contributed by atoms with Crippen LogP contribution in [0.5, 0.6) is 0 Å². The zero-order valence-electron chi connectivity index (χ0n) is 5.95. The second-order valence-corrected chi connectivity index (χ2v) is 3.07. The van der Waals surface area contributed by atoms with E-state index in [1.807, 2.05) is 0 Å². The van der Waals surface area contributed by atoms with Gasteiger partial charge in [-0.2, -0.15) is 0 Å². The average Bonchev–Trinajstić information content (AvgIpc) is 1.31. The van der Waals surface area contributed by atoms with Crippen LogP contribution in [0.4, 0.5) is 0 Å². The van der Waals surface area contributed by atoms with E-state index in [0.29, 0.717) is 4.21 Å². The molecule has 0 saturated heterocycles. The Balaban J connectivity index is 3.54. The quantitative estimate of drug-likeness (QED) is 0.425. The fourth-order valence-corrected chi connectivity index (χ4v) is 0. The van der Waals surface area contributed by atoms with Crippen molar-refractivity contribution >= 4 is 17.7 Å². The van der Waals surface area contributed by atoms with Crippen LogP contribution in [0.3, 0.4) is 0 Å². The Morgan fingerprint density at radius 1 is 1.29 bits per heavy atom. The molecule has 0 unspecified atom stereocenters. The van der Waals surface area contributed by atoms with Gasteiger partial charge in [0, 0.05) is 0 Å². The van der Waals surface area contributed by atoms with Crippen LogP contribution in [0.25, 0.3) is 0 Å². The van der Waals surface area contributed by atoms with Crippen molar-refractivity contribution in [2.24, 2.45) is 0 Å². The van der Waals surface area contributed by atoms with Crippen molar-refractivity contribution in [1.29, 1.82) is 0 Å². The summed E-state index contributed by atoms with van der Waals surface area (Å²) in [7, 11) is 4.17. The molecule has 0 spiro atoms. The second kappa shape index (κ2) is 2.22. The third kappa shape index (κ3) is 3.17. The first kappa shape index (κ1) is 7.56. The first-order valence-corrected chi connectivity index (χ1v) is 2.62. The maximum absolute atomic E-state index is 2.19. The van der Waals surface area contributed by atoms with E-state index in [0.717, 1.165) is 0 Å². The predicted molar refractivity (Wildman–Crippen MR) is 33.5 cm³/mol. The van der Waals surface area contributed by atoms with Crippen LogP contribution in [0.15, 0.2) is 0 Å². The molecule has 7 heavy (non-hydrogen) atoms. The molecule has 0 atom stereocenters. The van der Waals surface area contributed by atoms with Crippen LogP contribution in [0.2, 0.25) is 0 Å². The van der Waals surface area contributed by atoms with Crippen molar-refractivity contribution in [3.05, 3.63) is 0 Å². The van der Waals surface area contributed by atoms with Gasteiger partial charge < -0.3 is 0 Å². The Bertz CT molecular complexity index is 53.6. The van der Waals surface area contributed by atoms with Crippen molar-refractivity contribution in [2.75, 3.05) is 14.1 Å². The molecule has 1 nitrogen and oxygen atoms in total. The molecule has 0 heterocycles. The molecule has 0 radical (unpaired) electrons. The van der Waals surface area contributed by atoms with Gasteiger partial charge in [-0.05, 0) is 0 Å². The minimum atomic E-state index is 0.333. The summed E-state index contributed by atoms with van der Waals surface area (Å²) in [5.41, 5.74) is 0. The van der Waals surface area contributed by atoms with Crippen LogP contribution in [-0.4, -0.2) is 40.9 Å². The molecular formula is C5H12LiN. The van der Waals surface area contributed by atoms with E-state index >= 15 is 0 Å². The van der Waals surface area contributed by atoms with Crippen LogP contribution in [0, 0.1) is 0 Å². The van der Waals surface area contributed by atoms with Gasteiger partial charge in [0.2, 0.25) is 0 Å². The summed E-state index contributed by atoms with van der Waals surface area (Å²) in [4.78, 5) is 2.19. The summed E-state index contributed by atoms with van der Waals surface area (Å²) in [6.07, 6.45) is 0. The van der Waals surface area contributed by atoms with Gasteiger partial charge in [-0.1, -0.05) is 0 Å². The number of hydrogen-bond donors (Lipinski definition) is 0. The molecule has 0 aromatic heterocycles. The van der Waals surface area contributed by atoms with E-state index in [1.54, 1.807) is 0 Å². The van der Waals surface area contributed by atoms with E-state index in [1.165, 1.54) is 0 Å². The molecular weight excluding hydrogens is 81.0 g/mol. The molecule has 0 saturated carbocycles. The van der Waals surface area contributed by atoms with E-state index in [9.17, 15) is 0 Å². The summed E-state index contributed by atoms with van der Waals surface area (Å²) < 4.78 is 0.333. The van der Waals surface area contributed by atoms with E-state index in [4.69, 9.17) is 0 Å². The number of nitrogens with zero attached hydrogens (tertiary/aromatic N) is 1. The van der Waals surface area contributed by atoms with Crippen molar-refractivity contribution in [2.45, 2.75) is 18.1 Å². The summed E-state index contributed by atoms with van der Waals surface area (Å²) in [6.45, 7) is 4.38. The van der Waals surface area contributed by atoms with E-state index < -0.39 is 0 Å².